The quantitative estimate of drug-likeness (QED) is 0.881. The molecule has 0 fully saturated rings. The van der Waals surface area contributed by atoms with Crippen molar-refractivity contribution in [3.05, 3.63) is 15.9 Å². The van der Waals surface area contributed by atoms with E-state index >= 15 is 0 Å². The van der Waals surface area contributed by atoms with Crippen LogP contribution < -0.4 is 5.73 Å². The van der Waals surface area contributed by atoms with E-state index in [1.165, 1.54) is 0 Å². The van der Waals surface area contributed by atoms with Crippen LogP contribution in [0.4, 0.5) is 0 Å². The van der Waals surface area contributed by atoms with Crippen LogP contribution in [0.1, 0.15) is 11.4 Å². The van der Waals surface area contributed by atoms with Crippen LogP contribution in [-0.4, -0.2) is 29.5 Å². The second-order valence-corrected chi connectivity index (χ2v) is 4.18. The minimum absolute atomic E-state index is 0.0195. The molecule has 0 aliphatic rings. The molecule has 2 N–H and O–H groups in total. The summed E-state index contributed by atoms with van der Waals surface area (Å²) >= 11 is 3.50. The Labute approximate surface area is 92.5 Å². The number of nitrogens with two attached hydrogens (primary N) is 1. The predicted molar refractivity (Wildman–Crippen MR) is 59.2 cm³/mol. The molecule has 14 heavy (non-hydrogen) atoms. The van der Waals surface area contributed by atoms with E-state index in [2.05, 4.69) is 21.0 Å². The van der Waals surface area contributed by atoms with E-state index in [9.17, 15) is 0 Å². The summed E-state index contributed by atoms with van der Waals surface area (Å²) in [5, 5.41) is 4.30. The highest BCUT2D eigenvalue weighted by atomic mass is 79.9. The third-order valence-electron chi connectivity index (χ3n) is 2.10. The molecule has 0 aliphatic carbocycles. The van der Waals surface area contributed by atoms with Gasteiger partial charge < -0.3 is 10.5 Å². The smallest absolute Gasteiger partial charge is 0.0738 e. The van der Waals surface area contributed by atoms with E-state index in [4.69, 9.17) is 10.5 Å². The number of halogens is 1. The maximum Gasteiger partial charge on any atom is 0.0738 e. The highest BCUT2D eigenvalue weighted by Gasteiger charge is 2.13. The van der Waals surface area contributed by atoms with Gasteiger partial charge in [0.15, 0.2) is 0 Å². The van der Waals surface area contributed by atoms with Crippen molar-refractivity contribution in [2.45, 2.75) is 19.4 Å². The van der Waals surface area contributed by atoms with Crippen LogP contribution in [0.25, 0.3) is 0 Å². The Morgan fingerprint density at radius 3 is 2.71 bits per heavy atom. The van der Waals surface area contributed by atoms with Crippen molar-refractivity contribution in [1.29, 1.82) is 0 Å². The largest absolute Gasteiger partial charge is 0.383 e. The summed E-state index contributed by atoms with van der Waals surface area (Å²) < 4.78 is 7.90. The van der Waals surface area contributed by atoms with Crippen molar-refractivity contribution in [3.8, 4) is 0 Å². The first-order valence-corrected chi connectivity index (χ1v) is 5.28. The van der Waals surface area contributed by atoms with Crippen molar-refractivity contribution in [3.63, 3.8) is 0 Å². The topological polar surface area (TPSA) is 53.1 Å². The lowest BCUT2D eigenvalue weighted by atomic mass is 10.2. The predicted octanol–water partition coefficient (Wildman–Crippen LogP) is 1.01. The van der Waals surface area contributed by atoms with Crippen molar-refractivity contribution in [2.75, 3.05) is 13.7 Å². The molecule has 80 valence electrons. The van der Waals surface area contributed by atoms with Crippen molar-refractivity contribution in [2.24, 2.45) is 12.8 Å². The zero-order chi connectivity index (χ0) is 10.7. The third-order valence-corrected chi connectivity index (χ3v) is 3.13. The highest BCUT2D eigenvalue weighted by molar-refractivity contribution is 9.10. The van der Waals surface area contributed by atoms with E-state index < -0.39 is 0 Å². The number of aromatic nitrogens is 2. The molecule has 1 aromatic rings. The first-order valence-electron chi connectivity index (χ1n) is 4.48. The molecule has 1 rings (SSSR count). The highest BCUT2D eigenvalue weighted by Crippen LogP contribution is 2.21. The van der Waals surface area contributed by atoms with Gasteiger partial charge in [0.1, 0.15) is 0 Å². The van der Waals surface area contributed by atoms with Crippen molar-refractivity contribution < 1.29 is 4.74 Å². The van der Waals surface area contributed by atoms with Gasteiger partial charge in [-0.05, 0) is 22.9 Å². The van der Waals surface area contributed by atoms with Gasteiger partial charge in [-0.3, -0.25) is 4.68 Å². The molecular formula is C9H16BrN3O. The van der Waals surface area contributed by atoms with E-state index in [0.717, 1.165) is 22.3 Å². The number of nitrogens with zero attached hydrogens (tertiary/aromatic N) is 2. The lowest BCUT2D eigenvalue weighted by Gasteiger charge is -2.10. The van der Waals surface area contributed by atoms with Gasteiger partial charge in [0.05, 0.1) is 22.5 Å². The Morgan fingerprint density at radius 2 is 2.29 bits per heavy atom. The number of rotatable bonds is 4. The van der Waals surface area contributed by atoms with Gasteiger partial charge >= 0.3 is 0 Å². The van der Waals surface area contributed by atoms with Crippen molar-refractivity contribution >= 4 is 15.9 Å². The normalized spacial score (nSPS) is 13.2. The van der Waals surface area contributed by atoms with Crippen LogP contribution in [0.15, 0.2) is 4.47 Å². The minimum atomic E-state index is 0.0195. The van der Waals surface area contributed by atoms with Crippen molar-refractivity contribution in [1.82, 2.24) is 9.78 Å². The number of methoxy groups -OCH3 is 1. The lowest BCUT2D eigenvalue weighted by Crippen LogP contribution is -2.29. The summed E-state index contributed by atoms with van der Waals surface area (Å²) in [4.78, 5) is 0. The zero-order valence-electron chi connectivity index (χ0n) is 8.75. The summed E-state index contributed by atoms with van der Waals surface area (Å²) in [6.07, 6.45) is 0.770. The fourth-order valence-electron chi connectivity index (χ4n) is 1.42. The average molecular weight is 262 g/mol. The third kappa shape index (κ3) is 2.56. The summed E-state index contributed by atoms with van der Waals surface area (Å²) in [5.74, 6) is 0. The number of hydrogen-bond acceptors (Lipinski definition) is 3. The molecule has 0 bridgehead atoms. The Hall–Kier alpha value is -0.390. The molecule has 4 nitrogen and oxygen atoms in total. The first kappa shape index (κ1) is 11.7. The lowest BCUT2D eigenvalue weighted by molar-refractivity contribution is 0.179. The van der Waals surface area contributed by atoms with Gasteiger partial charge in [-0.25, -0.2) is 0 Å². The molecule has 0 aromatic carbocycles. The van der Waals surface area contributed by atoms with Gasteiger partial charge in [0.2, 0.25) is 0 Å². The second-order valence-electron chi connectivity index (χ2n) is 3.39. The molecule has 0 radical (unpaired) electrons. The number of ether oxygens (including phenoxy) is 1. The van der Waals surface area contributed by atoms with Crippen LogP contribution in [-0.2, 0) is 18.2 Å². The van der Waals surface area contributed by atoms with E-state index in [1.54, 1.807) is 7.11 Å². The number of aryl methyl sites for hydroxylation is 2. The van der Waals surface area contributed by atoms with Gasteiger partial charge in [0.25, 0.3) is 0 Å². The Morgan fingerprint density at radius 1 is 1.64 bits per heavy atom. The van der Waals surface area contributed by atoms with Gasteiger partial charge in [-0.15, -0.1) is 0 Å². The van der Waals surface area contributed by atoms with Gasteiger partial charge in [-0.1, -0.05) is 0 Å². The molecule has 0 saturated carbocycles. The summed E-state index contributed by atoms with van der Waals surface area (Å²) in [6.45, 7) is 2.53. The molecule has 0 aliphatic heterocycles. The molecule has 5 heteroatoms. The second kappa shape index (κ2) is 4.91. The van der Waals surface area contributed by atoms with Gasteiger partial charge in [-0.2, -0.15) is 5.10 Å². The Kier molecular flexibility index (Phi) is 4.10. The average Bonchev–Trinajstić information content (AvgIpc) is 2.33. The Bertz CT molecular complexity index is 311. The molecule has 1 atom stereocenters. The molecular weight excluding hydrogens is 246 g/mol. The molecule has 0 saturated heterocycles. The van der Waals surface area contributed by atoms with E-state index in [-0.39, 0.29) is 6.04 Å². The van der Waals surface area contributed by atoms with E-state index in [0.29, 0.717) is 6.61 Å². The van der Waals surface area contributed by atoms with Crippen LogP contribution in [0, 0.1) is 6.92 Å². The number of hydrogen-bond donors (Lipinski definition) is 1. The SMILES string of the molecule is COCC(N)Cc1c(Br)c(C)nn1C. The summed E-state index contributed by atoms with van der Waals surface area (Å²) in [7, 11) is 3.58. The molecule has 0 spiro atoms. The first-order chi connectivity index (χ1) is 6.56. The zero-order valence-corrected chi connectivity index (χ0v) is 10.3. The molecule has 1 heterocycles. The standard InChI is InChI=1S/C9H16BrN3O/c1-6-9(10)8(13(2)12-6)4-7(11)5-14-3/h7H,4-5,11H2,1-3H3. The fraction of sp³-hybridized carbons (Fsp3) is 0.667. The Balaban J connectivity index is 2.75. The summed E-state index contributed by atoms with van der Waals surface area (Å²) in [6, 6.07) is 0.0195. The molecule has 0 amide bonds. The molecule has 1 unspecified atom stereocenters. The summed E-state index contributed by atoms with van der Waals surface area (Å²) in [5.41, 5.74) is 7.99. The molecule has 1 aromatic heterocycles. The minimum Gasteiger partial charge on any atom is -0.383 e. The van der Waals surface area contributed by atoms with Gasteiger partial charge in [0, 0.05) is 26.6 Å². The maximum absolute atomic E-state index is 5.88. The van der Waals surface area contributed by atoms with Crippen LogP contribution in [0.3, 0.4) is 0 Å². The monoisotopic (exact) mass is 261 g/mol. The maximum atomic E-state index is 5.88. The fourth-order valence-corrected chi connectivity index (χ4v) is 1.92. The van der Waals surface area contributed by atoms with E-state index in [1.807, 2.05) is 18.7 Å². The van der Waals surface area contributed by atoms with Crippen LogP contribution >= 0.6 is 15.9 Å². The van der Waals surface area contributed by atoms with Crippen LogP contribution in [0.2, 0.25) is 0 Å². The van der Waals surface area contributed by atoms with Crippen LogP contribution in [0.5, 0.6) is 0 Å².